The topological polar surface area (TPSA) is 53.7 Å². The molecule has 1 aromatic heterocycles. The van der Waals surface area contributed by atoms with Crippen LogP contribution in [0.5, 0.6) is 0 Å². The van der Waals surface area contributed by atoms with E-state index >= 15 is 4.39 Å². The molecule has 2 bridgehead atoms. The lowest BCUT2D eigenvalue weighted by molar-refractivity contribution is 0.271. The molecule has 2 unspecified atom stereocenters. The van der Waals surface area contributed by atoms with Crippen LogP contribution in [0.4, 0.5) is 14.5 Å². The van der Waals surface area contributed by atoms with Gasteiger partial charge in [-0.15, -0.1) is 0 Å². The number of aromatic nitrogens is 2. The van der Waals surface area contributed by atoms with E-state index in [1.807, 2.05) is 19.3 Å². The van der Waals surface area contributed by atoms with E-state index < -0.39 is 11.3 Å². The van der Waals surface area contributed by atoms with E-state index in [4.69, 9.17) is 4.99 Å². The maximum atomic E-state index is 15.4. The van der Waals surface area contributed by atoms with Crippen LogP contribution >= 0.6 is 0 Å². The normalized spacial score (nSPS) is 32.5. The Morgan fingerprint density at radius 2 is 1.74 bits per heavy atom. The van der Waals surface area contributed by atoms with E-state index in [2.05, 4.69) is 57.4 Å². The summed E-state index contributed by atoms with van der Waals surface area (Å²) < 4.78 is 30.3. The molecule has 5 aliphatic carbocycles. The number of alkyl halides is 2. The van der Waals surface area contributed by atoms with E-state index in [-0.39, 0.29) is 16.7 Å². The summed E-state index contributed by atoms with van der Waals surface area (Å²) in [7, 11) is 0. The summed E-state index contributed by atoms with van der Waals surface area (Å²) in [6.45, 7) is 11.8. The van der Waals surface area contributed by atoms with Crippen LogP contribution in [0, 0.1) is 16.7 Å². The molecule has 5 saturated carbocycles. The number of rotatable bonds is 13. The number of benzene rings is 1. The Morgan fingerprint density at radius 1 is 1.02 bits per heavy atom. The summed E-state index contributed by atoms with van der Waals surface area (Å²) in [5, 5.41) is 0. The fraction of sp³-hybridized carbons (Fsp3) is 0.600. The third kappa shape index (κ3) is 5.11. The predicted octanol–water partition coefficient (Wildman–Crippen LogP) is 8.07. The Kier molecular flexibility index (Phi) is 6.67. The number of aliphatic imine (C=N–C) groups is 2. The molecule has 2 aromatic rings. The summed E-state index contributed by atoms with van der Waals surface area (Å²) in [5.41, 5.74) is 2.42. The Morgan fingerprint density at radius 3 is 2.36 bits per heavy atom. The molecule has 42 heavy (non-hydrogen) atoms. The number of allylic oxidation sites excluding steroid dienone is 1. The molecule has 7 rings (SSSR count). The van der Waals surface area contributed by atoms with E-state index in [1.54, 1.807) is 0 Å². The Balaban J connectivity index is 1.13. The highest BCUT2D eigenvalue weighted by molar-refractivity contribution is 5.97. The zero-order valence-electron chi connectivity index (χ0n) is 24.9. The first kappa shape index (κ1) is 27.8. The molecule has 0 spiro atoms. The Hall–Kier alpha value is -2.96. The standard InChI is InChI=1S/C35H43F2N5/c1-4-34(36)17-29(34)24(2)42(28-7-5-6-26(16-28)27-18-39-31(40-19-27)25-8-9-25)23-33-12-10-32(21-33,11-13-33)22-41-30(20-38-3)35(37)14-15-35/h5-7,16,18-19,25,29H,2-4,8-15,17,20-23H2,1H3. The lowest BCUT2D eigenvalue weighted by atomic mass is 9.81. The molecule has 7 heteroatoms. The summed E-state index contributed by atoms with van der Waals surface area (Å²) >= 11 is 0. The summed E-state index contributed by atoms with van der Waals surface area (Å²) in [4.78, 5) is 20.4. The van der Waals surface area contributed by atoms with Crippen LogP contribution in [-0.4, -0.2) is 53.4 Å². The first-order valence-corrected chi connectivity index (χ1v) is 15.9. The van der Waals surface area contributed by atoms with Gasteiger partial charge in [-0.25, -0.2) is 18.7 Å². The molecule has 0 amide bonds. The highest BCUT2D eigenvalue weighted by Crippen LogP contribution is 2.63. The minimum atomic E-state index is -1.25. The average molecular weight is 572 g/mol. The van der Waals surface area contributed by atoms with Crippen LogP contribution in [0.1, 0.15) is 89.3 Å². The van der Waals surface area contributed by atoms with Crippen molar-refractivity contribution >= 4 is 18.1 Å². The number of halogens is 2. The molecule has 222 valence electrons. The second kappa shape index (κ2) is 10.1. The fourth-order valence-electron chi connectivity index (χ4n) is 7.85. The van der Waals surface area contributed by atoms with Crippen LogP contribution < -0.4 is 4.90 Å². The molecule has 0 saturated heterocycles. The highest BCUT2D eigenvalue weighted by Gasteiger charge is 2.59. The minimum absolute atomic E-state index is 0.111. The van der Waals surface area contributed by atoms with Gasteiger partial charge in [0.15, 0.2) is 5.67 Å². The second-order valence-electron chi connectivity index (χ2n) is 14.2. The van der Waals surface area contributed by atoms with Crippen LogP contribution in [-0.2, 0) is 0 Å². The Bertz CT molecular complexity index is 1400. The van der Waals surface area contributed by atoms with Gasteiger partial charge in [0.05, 0.1) is 12.3 Å². The van der Waals surface area contributed by atoms with Crippen molar-refractivity contribution in [3.63, 3.8) is 0 Å². The largest absolute Gasteiger partial charge is 0.345 e. The van der Waals surface area contributed by atoms with Gasteiger partial charge < -0.3 is 4.90 Å². The summed E-state index contributed by atoms with van der Waals surface area (Å²) in [6, 6.07) is 8.50. The molecule has 5 aliphatic rings. The number of fused-ring (bicyclic) bond motifs is 2. The third-order valence-electron chi connectivity index (χ3n) is 11.1. The van der Waals surface area contributed by atoms with Gasteiger partial charge in [0.1, 0.15) is 11.5 Å². The van der Waals surface area contributed by atoms with Crippen molar-refractivity contribution in [2.24, 2.45) is 26.7 Å². The van der Waals surface area contributed by atoms with Crippen LogP contribution in [0.15, 0.2) is 58.9 Å². The maximum absolute atomic E-state index is 15.4. The van der Waals surface area contributed by atoms with Gasteiger partial charge in [-0.2, -0.15) is 0 Å². The van der Waals surface area contributed by atoms with Crippen molar-refractivity contribution in [2.75, 3.05) is 24.5 Å². The van der Waals surface area contributed by atoms with Crippen LogP contribution in [0.2, 0.25) is 0 Å². The first-order chi connectivity index (χ1) is 20.2. The average Bonchev–Trinajstić information content (AvgIpc) is 3.97. The lowest BCUT2D eigenvalue weighted by Crippen LogP contribution is -2.36. The molecule has 2 atom stereocenters. The molecule has 0 N–H and O–H groups in total. The van der Waals surface area contributed by atoms with Crippen molar-refractivity contribution in [2.45, 2.75) is 94.8 Å². The van der Waals surface area contributed by atoms with Crippen molar-refractivity contribution in [1.29, 1.82) is 0 Å². The number of hydrogen-bond acceptors (Lipinski definition) is 5. The van der Waals surface area contributed by atoms with Crippen LogP contribution in [0.3, 0.4) is 0 Å². The van der Waals surface area contributed by atoms with Gasteiger partial charge >= 0.3 is 0 Å². The van der Waals surface area contributed by atoms with E-state index in [0.717, 1.165) is 67.0 Å². The lowest BCUT2D eigenvalue weighted by Gasteiger charge is -2.37. The number of anilines is 1. The molecule has 1 heterocycles. The van der Waals surface area contributed by atoms with Gasteiger partial charge in [0.2, 0.25) is 0 Å². The molecule has 0 radical (unpaired) electrons. The molecule has 0 aliphatic heterocycles. The SMILES string of the molecule is C=NCC(=NCC12CCC(CN(C(=C)C3CC3(F)CC)c3cccc(-c4cnc(C5CC5)nc4)c3)(CC1)C2)C1(F)CC1. The van der Waals surface area contributed by atoms with Crippen molar-refractivity contribution in [1.82, 2.24) is 9.97 Å². The number of hydrogen-bond donors (Lipinski definition) is 0. The summed E-state index contributed by atoms with van der Waals surface area (Å²) in [5.74, 6) is 1.32. The highest BCUT2D eigenvalue weighted by atomic mass is 19.1. The maximum Gasteiger partial charge on any atom is 0.150 e. The van der Waals surface area contributed by atoms with Gasteiger partial charge in [-0.1, -0.05) is 25.6 Å². The van der Waals surface area contributed by atoms with Crippen molar-refractivity contribution in [3.8, 4) is 11.1 Å². The molecule has 5 nitrogen and oxygen atoms in total. The second-order valence-corrected chi connectivity index (χ2v) is 14.2. The number of nitrogens with zero attached hydrogens (tertiary/aromatic N) is 5. The zero-order chi connectivity index (χ0) is 29.2. The van der Waals surface area contributed by atoms with Crippen molar-refractivity contribution < 1.29 is 8.78 Å². The van der Waals surface area contributed by atoms with E-state index in [9.17, 15) is 4.39 Å². The van der Waals surface area contributed by atoms with Gasteiger partial charge in [0, 0.05) is 54.3 Å². The first-order valence-electron chi connectivity index (χ1n) is 15.9. The monoisotopic (exact) mass is 571 g/mol. The quantitative estimate of drug-likeness (QED) is 0.229. The van der Waals surface area contributed by atoms with Gasteiger partial charge in [-0.05, 0) is 106 Å². The smallest absolute Gasteiger partial charge is 0.150 e. The van der Waals surface area contributed by atoms with Gasteiger partial charge in [-0.3, -0.25) is 9.98 Å². The van der Waals surface area contributed by atoms with Crippen LogP contribution in [0.25, 0.3) is 11.1 Å². The van der Waals surface area contributed by atoms with E-state index in [1.165, 1.54) is 12.8 Å². The van der Waals surface area contributed by atoms with Crippen molar-refractivity contribution in [3.05, 3.63) is 54.8 Å². The molecular weight excluding hydrogens is 528 g/mol. The fourth-order valence-corrected chi connectivity index (χ4v) is 7.85. The molecule has 1 aromatic carbocycles. The third-order valence-corrected chi connectivity index (χ3v) is 11.1. The zero-order valence-corrected chi connectivity index (χ0v) is 24.9. The summed E-state index contributed by atoms with van der Waals surface area (Å²) in [6.07, 6.45) is 13.9. The van der Waals surface area contributed by atoms with Gasteiger partial charge in [0.25, 0.3) is 0 Å². The minimum Gasteiger partial charge on any atom is -0.345 e. The predicted molar refractivity (Wildman–Crippen MR) is 166 cm³/mol. The van der Waals surface area contributed by atoms with E-state index in [0.29, 0.717) is 50.4 Å². The molecular formula is C35H43F2N5. The molecule has 5 fully saturated rings. The Labute approximate surface area is 248 Å².